The molecule has 25 heavy (non-hydrogen) atoms. The van der Waals surface area contributed by atoms with Gasteiger partial charge in [0.25, 0.3) is 0 Å². The van der Waals surface area contributed by atoms with E-state index in [4.69, 9.17) is 4.74 Å². The first-order chi connectivity index (χ1) is 12.1. The average Bonchev–Trinajstić information content (AvgIpc) is 2.64. The highest BCUT2D eigenvalue weighted by molar-refractivity contribution is 5.85. The van der Waals surface area contributed by atoms with Crippen LogP contribution in [0.3, 0.4) is 0 Å². The molecule has 136 valence electrons. The fourth-order valence-corrected chi connectivity index (χ4v) is 3.49. The number of likely N-dealkylation sites (tertiary alicyclic amines) is 1. The van der Waals surface area contributed by atoms with Crippen molar-refractivity contribution in [2.45, 2.75) is 44.7 Å². The molecule has 2 aliphatic rings. The minimum Gasteiger partial charge on any atom is -0.381 e. The van der Waals surface area contributed by atoms with E-state index in [9.17, 15) is 14.0 Å². The van der Waals surface area contributed by atoms with Crippen LogP contribution in [0.2, 0.25) is 0 Å². The fraction of sp³-hybridized carbons (Fsp3) is 0.579. The minimum absolute atomic E-state index is 0.0357. The van der Waals surface area contributed by atoms with Crippen molar-refractivity contribution in [2.24, 2.45) is 0 Å². The Balaban J connectivity index is 1.71. The first-order valence-corrected chi connectivity index (χ1v) is 9.03. The van der Waals surface area contributed by atoms with E-state index in [-0.39, 0.29) is 30.2 Å². The first-order valence-electron chi connectivity index (χ1n) is 9.03. The van der Waals surface area contributed by atoms with Crippen molar-refractivity contribution in [2.75, 3.05) is 26.3 Å². The van der Waals surface area contributed by atoms with Crippen LogP contribution in [0, 0.1) is 5.82 Å². The maximum Gasteiger partial charge on any atom is 0.242 e. The van der Waals surface area contributed by atoms with Gasteiger partial charge in [0.05, 0.1) is 6.54 Å². The minimum atomic E-state index is -0.286. The van der Waals surface area contributed by atoms with Gasteiger partial charge in [-0.2, -0.15) is 0 Å². The summed E-state index contributed by atoms with van der Waals surface area (Å²) in [6.07, 6.45) is 3.97. The van der Waals surface area contributed by atoms with Gasteiger partial charge in [0.1, 0.15) is 5.82 Å². The molecule has 2 amide bonds. The average molecular weight is 348 g/mol. The summed E-state index contributed by atoms with van der Waals surface area (Å²) in [6, 6.07) is 6.35. The van der Waals surface area contributed by atoms with Crippen molar-refractivity contribution >= 4 is 11.8 Å². The Bertz CT molecular complexity index is 599. The van der Waals surface area contributed by atoms with Gasteiger partial charge in [0, 0.05) is 38.8 Å². The van der Waals surface area contributed by atoms with Gasteiger partial charge < -0.3 is 14.5 Å². The van der Waals surface area contributed by atoms with Crippen LogP contribution in [0.4, 0.5) is 4.39 Å². The zero-order chi connectivity index (χ0) is 17.6. The summed E-state index contributed by atoms with van der Waals surface area (Å²) >= 11 is 0. The second kappa shape index (κ2) is 8.43. The Hall–Kier alpha value is -1.95. The maximum atomic E-state index is 13.1. The quantitative estimate of drug-likeness (QED) is 0.821. The molecular formula is C19H25FN2O3. The molecule has 5 nitrogen and oxygen atoms in total. The predicted molar refractivity (Wildman–Crippen MR) is 91.2 cm³/mol. The number of piperidine rings is 1. The van der Waals surface area contributed by atoms with E-state index >= 15 is 0 Å². The van der Waals surface area contributed by atoms with Crippen LogP contribution < -0.4 is 0 Å². The molecule has 0 bridgehead atoms. The van der Waals surface area contributed by atoms with Crippen LogP contribution in [0.5, 0.6) is 0 Å². The Labute approximate surface area is 147 Å². The molecule has 2 aliphatic heterocycles. The van der Waals surface area contributed by atoms with E-state index in [0.29, 0.717) is 32.7 Å². The number of ether oxygens (including phenoxy) is 1. The highest BCUT2D eigenvalue weighted by Crippen LogP contribution is 2.19. The molecular weight excluding hydrogens is 323 g/mol. The number of carbonyl (C=O) groups is 2. The third kappa shape index (κ3) is 4.78. The smallest absolute Gasteiger partial charge is 0.242 e. The number of nitrogens with zero attached hydrogens (tertiary/aromatic N) is 2. The number of amides is 2. The van der Waals surface area contributed by atoms with E-state index < -0.39 is 0 Å². The van der Waals surface area contributed by atoms with E-state index in [1.807, 2.05) is 4.90 Å². The highest BCUT2D eigenvalue weighted by atomic mass is 19.1. The van der Waals surface area contributed by atoms with Gasteiger partial charge in [-0.3, -0.25) is 9.59 Å². The summed E-state index contributed by atoms with van der Waals surface area (Å²) in [5, 5.41) is 0. The summed E-state index contributed by atoms with van der Waals surface area (Å²) in [4.78, 5) is 28.5. The van der Waals surface area contributed by atoms with Crippen LogP contribution in [-0.4, -0.2) is 54.0 Å². The third-order valence-electron chi connectivity index (χ3n) is 4.97. The molecule has 1 aromatic rings. The third-order valence-corrected chi connectivity index (χ3v) is 4.97. The van der Waals surface area contributed by atoms with Gasteiger partial charge >= 0.3 is 0 Å². The lowest BCUT2D eigenvalue weighted by Gasteiger charge is -2.36. The summed E-state index contributed by atoms with van der Waals surface area (Å²) in [5.41, 5.74) is 0.895. The Morgan fingerprint density at radius 3 is 2.60 bits per heavy atom. The van der Waals surface area contributed by atoms with Crippen molar-refractivity contribution in [3.63, 3.8) is 0 Å². The van der Waals surface area contributed by atoms with Gasteiger partial charge in [-0.15, -0.1) is 0 Å². The molecule has 0 atom stereocenters. The Kier molecular flexibility index (Phi) is 6.02. The molecule has 0 unspecified atom stereocenters. The van der Waals surface area contributed by atoms with E-state index in [2.05, 4.69) is 0 Å². The topological polar surface area (TPSA) is 49.9 Å². The Morgan fingerprint density at radius 2 is 1.92 bits per heavy atom. The predicted octanol–water partition coefficient (Wildman–Crippen LogP) is 2.35. The summed E-state index contributed by atoms with van der Waals surface area (Å²) in [6.45, 7) is 2.51. The standard InChI is InChI=1S/C19H25FN2O3/c20-16-6-4-15(5-7-16)13-22(17-8-11-25-12-9-17)19(24)14-21-10-2-1-3-18(21)23/h4-7,17H,1-3,8-14H2. The molecule has 6 heteroatoms. The lowest BCUT2D eigenvalue weighted by atomic mass is 10.0. The van der Waals surface area contributed by atoms with Gasteiger partial charge in [-0.05, 0) is 43.4 Å². The van der Waals surface area contributed by atoms with Crippen LogP contribution in [0.1, 0.15) is 37.7 Å². The van der Waals surface area contributed by atoms with Crippen molar-refractivity contribution in [1.29, 1.82) is 0 Å². The van der Waals surface area contributed by atoms with Gasteiger partial charge in [0.2, 0.25) is 11.8 Å². The number of hydrogen-bond donors (Lipinski definition) is 0. The van der Waals surface area contributed by atoms with Crippen molar-refractivity contribution < 1.29 is 18.7 Å². The molecule has 0 aliphatic carbocycles. The number of halogens is 1. The molecule has 3 rings (SSSR count). The van der Waals surface area contributed by atoms with E-state index in [0.717, 1.165) is 31.2 Å². The van der Waals surface area contributed by atoms with Crippen LogP contribution in [-0.2, 0) is 20.9 Å². The monoisotopic (exact) mass is 348 g/mol. The largest absolute Gasteiger partial charge is 0.381 e. The zero-order valence-electron chi connectivity index (χ0n) is 14.5. The summed E-state index contributed by atoms with van der Waals surface area (Å²) in [7, 11) is 0. The number of benzene rings is 1. The molecule has 1 aromatic carbocycles. The first kappa shape index (κ1) is 17.9. The SMILES string of the molecule is O=C1CCCCN1CC(=O)N(Cc1ccc(F)cc1)C1CCOCC1. The normalized spacial score (nSPS) is 19.1. The molecule has 0 radical (unpaired) electrons. The van der Waals surface area contributed by atoms with E-state index in [1.54, 1.807) is 17.0 Å². The van der Waals surface area contributed by atoms with Gasteiger partial charge in [0.15, 0.2) is 0 Å². The second-order valence-electron chi connectivity index (χ2n) is 6.76. The van der Waals surface area contributed by atoms with Crippen molar-refractivity contribution in [3.8, 4) is 0 Å². The number of hydrogen-bond acceptors (Lipinski definition) is 3. The Morgan fingerprint density at radius 1 is 1.20 bits per heavy atom. The second-order valence-corrected chi connectivity index (χ2v) is 6.76. The lowest BCUT2D eigenvalue weighted by Crippen LogP contribution is -2.49. The molecule has 2 saturated heterocycles. The zero-order valence-corrected chi connectivity index (χ0v) is 14.5. The molecule has 2 fully saturated rings. The molecule has 0 saturated carbocycles. The van der Waals surface area contributed by atoms with E-state index in [1.165, 1.54) is 12.1 Å². The number of carbonyl (C=O) groups excluding carboxylic acids is 2. The van der Waals surface area contributed by atoms with Crippen LogP contribution in [0.25, 0.3) is 0 Å². The summed E-state index contributed by atoms with van der Waals surface area (Å²) in [5.74, 6) is -0.258. The highest BCUT2D eigenvalue weighted by Gasteiger charge is 2.29. The molecule has 0 N–H and O–H groups in total. The van der Waals surface area contributed by atoms with Crippen molar-refractivity contribution in [1.82, 2.24) is 9.80 Å². The molecule has 0 aromatic heterocycles. The fourth-order valence-electron chi connectivity index (χ4n) is 3.49. The van der Waals surface area contributed by atoms with Crippen LogP contribution >= 0.6 is 0 Å². The molecule has 0 spiro atoms. The van der Waals surface area contributed by atoms with Crippen molar-refractivity contribution in [3.05, 3.63) is 35.6 Å². The summed E-state index contributed by atoms with van der Waals surface area (Å²) < 4.78 is 18.6. The lowest BCUT2D eigenvalue weighted by molar-refractivity contribution is -0.144. The van der Waals surface area contributed by atoms with Gasteiger partial charge in [-0.25, -0.2) is 4.39 Å². The maximum absolute atomic E-state index is 13.1. The number of rotatable bonds is 5. The molecule has 2 heterocycles. The van der Waals surface area contributed by atoms with Gasteiger partial charge in [-0.1, -0.05) is 12.1 Å². The van der Waals surface area contributed by atoms with Crippen LogP contribution in [0.15, 0.2) is 24.3 Å².